The maximum absolute atomic E-state index is 12.2. The Balaban J connectivity index is 1.94. The van der Waals surface area contributed by atoms with Crippen LogP contribution in [0, 0.1) is 0 Å². The average Bonchev–Trinajstić information content (AvgIpc) is 2.58. The first kappa shape index (κ1) is 19.7. The standard InChI is InChI=1S/C18H20F3N3O2/c1-24(2)11-15-6-4-3-5-13(15)9-23-17(25)14-7-8-16(22-10-14)26-12-18(19,20)21/h3-8,10H,9,11-12H2,1-2H3,(H,23,25). The lowest BCUT2D eigenvalue weighted by molar-refractivity contribution is -0.154. The van der Waals surface area contributed by atoms with E-state index in [1.54, 1.807) is 0 Å². The molecule has 1 amide bonds. The predicted molar refractivity (Wildman–Crippen MR) is 90.8 cm³/mol. The third kappa shape index (κ3) is 6.36. The van der Waals surface area contributed by atoms with Crippen molar-refractivity contribution >= 4 is 5.91 Å². The molecule has 0 spiro atoms. The molecule has 0 aliphatic carbocycles. The molecule has 1 N–H and O–H groups in total. The number of benzene rings is 1. The van der Waals surface area contributed by atoms with Crippen molar-refractivity contribution in [1.82, 2.24) is 15.2 Å². The summed E-state index contributed by atoms with van der Waals surface area (Å²) in [5, 5.41) is 2.79. The molecule has 1 heterocycles. The Morgan fingerprint density at radius 2 is 1.85 bits per heavy atom. The number of pyridine rings is 1. The van der Waals surface area contributed by atoms with Gasteiger partial charge in [-0.3, -0.25) is 4.79 Å². The van der Waals surface area contributed by atoms with Gasteiger partial charge in [-0.15, -0.1) is 0 Å². The molecule has 0 aliphatic rings. The lowest BCUT2D eigenvalue weighted by Crippen LogP contribution is -2.24. The number of nitrogens with zero attached hydrogens (tertiary/aromatic N) is 2. The van der Waals surface area contributed by atoms with Crippen molar-refractivity contribution in [2.45, 2.75) is 19.3 Å². The van der Waals surface area contributed by atoms with E-state index in [-0.39, 0.29) is 17.4 Å². The number of aromatic nitrogens is 1. The zero-order valence-electron chi connectivity index (χ0n) is 14.5. The third-order valence-corrected chi connectivity index (χ3v) is 3.43. The van der Waals surface area contributed by atoms with Crippen LogP contribution in [-0.2, 0) is 13.1 Å². The summed E-state index contributed by atoms with van der Waals surface area (Å²) < 4.78 is 40.8. The van der Waals surface area contributed by atoms with Gasteiger partial charge < -0.3 is 15.0 Å². The van der Waals surface area contributed by atoms with E-state index in [1.165, 1.54) is 18.3 Å². The molecule has 0 unspecified atom stereocenters. The Labute approximate surface area is 149 Å². The summed E-state index contributed by atoms with van der Waals surface area (Å²) in [7, 11) is 3.92. The monoisotopic (exact) mass is 367 g/mol. The first-order chi connectivity index (χ1) is 12.2. The number of rotatable bonds is 7. The summed E-state index contributed by atoms with van der Waals surface area (Å²) in [5.41, 5.74) is 2.34. The van der Waals surface area contributed by atoms with Crippen LogP contribution in [0.1, 0.15) is 21.5 Å². The molecule has 0 saturated carbocycles. The molecular weight excluding hydrogens is 347 g/mol. The number of hydrogen-bond acceptors (Lipinski definition) is 4. The smallest absolute Gasteiger partial charge is 0.422 e. The molecule has 1 aromatic carbocycles. The number of carbonyl (C=O) groups is 1. The largest absolute Gasteiger partial charge is 0.468 e. The number of halogens is 3. The SMILES string of the molecule is CN(C)Cc1ccccc1CNC(=O)c1ccc(OCC(F)(F)F)nc1. The van der Waals surface area contributed by atoms with Gasteiger partial charge >= 0.3 is 6.18 Å². The molecule has 0 aliphatic heterocycles. The molecule has 1 aromatic heterocycles. The normalized spacial score (nSPS) is 11.5. The van der Waals surface area contributed by atoms with E-state index in [4.69, 9.17) is 0 Å². The van der Waals surface area contributed by atoms with E-state index in [2.05, 4.69) is 15.0 Å². The molecule has 0 bridgehead atoms. The zero-order valence-corrected chi connectivity index (χ0v) is 14.5. The van der Waals surface area contributed by atoms with E-state index < -0.39 is 12.8 Å². The summed E-state index contributed by atoms with van der Waals surface area (Å²) in [6.07, 6.45) is -3.25. The van der Waals surface area contributed by atoms with Gasteiger partial charge in [-0.25, -0.2) is 4.98 Å². The number of amides is 1. The van der Waals surface area contributed by atoms with Crippen LogP contribution in [0.15, 0.2) is 42.6 Å². The number of alkyl halides is 3. The quantitative estimate of drug-likeness (QED) is 0.817. The van der Waals surface area contributed by atoms with Gasteiger partial charge in [-0.2, -0.15) is 13.2 Å². The first-order valence-electron chi connectivity index (χ1n) is 7.90. The van der Waals surface area contributed by atoms with E-state index in [0.29, 0.717) is 6.54 Å². The molecule has 8 heteroatoms. The topological polar surface area (TPSA) is 54.5 Å². The minimum atomic E-state index is -4.43. The number of hydrogen-bond donors (Lipinski definition) is 1. The Morgan fingerprint density at radius 3 is 2.42 bits per heavy atom. The molecule has 140 valence electrons. The van der Waals surface area contributed by atoms with Crippen molar-refractivity contribution in [2.24, 2.45) is 0 Å². The molecule has 5 nitrogen and oxygen atoms in total. The first-order valence-corrected chi connectivity index (χ1v) is 7.90. The highest BCUT2D eigenvalue weighted by Gasteiger charge is 2.28. The Kier molecular flexibility index (Phi) is 6.57. The molecular formula is C18H20F3N3O2. The van der Waals surface area contributed by atoms with Crippen molar-refractivity contribution in [3.05, 3.63) is 59.3 Å². The van der Waals surface area contributed by atoms with Crippen LogP contribution < -0.4 is 10.1 Å². The van der Waals surface area contributed by atoms with Gasteiger partial charge in [0.2, 0.25) is 5.88 Å². The van der Waals surface area contributed by atoms with Crippen molar-refractivity contribution in [1.29, 1.82) is 0 Å². The van der Waals surface area contributed by atoms with Crippen molar-refractivity contribution in [3.63, 3.8) is 0 Å². The molecule has 2 aromatic rings. The minimum absolute atomic E-state index is 0.185. The number of nitrogens with one attached hydrogen (secondary N) is 1. The van der Waals surface area contributed by atoms with Crippen molar-refractivity contribution in [3.8, 4) is 5.88 Å². The Bertz CT molecular complexity index is 731. The second-order valence-corrected chi connectivity index (χ2v) is 5.98. The van der Waals surface area contributed by atoms with Gasteiger partial charge in [0.25, 0.3) is 5.91 Å². The minimum Gasteiger partial charge on any atom is -0.468 e. The second-order valence-electron chi connectivity index (χ2n) is 5.98. The van der Waals surface area contributed by atoms with E-state index in [9.17, 15) is 18.0 Å². The summed E-state index contributed by atoms with van der Waals surface area (Å²) in [6, 6.07) is 10.4. The van der Waals surface area contributed by atoms with Crippen LogP contribution in [0.5, 0.6) is 5.88 Å². The van der Waals surface area contributed by atoms with Gasteiger partial charge in [0.1, 0.15) is 0 Å². The summed E-state index contributed by atoms with van der Waals surface area (Å²) in [5.74, 6) is -0.547. The Hall–Kier alpha value is -2.61. The fraction of sp³-hybridized carbons (Fsp3) is 0.333. The highest BCUT2D eigenvalue weighted by atomic mass is 19.4. The van der Waals surface area contributed by atoms with Crippen LogP contribution in [0.3, 0.4) is 0 Å². The van der Waals surface area contributed by atoms with E-state index >= 15 is 0 Å². The van der Waals surface area contributed by atoms with Crippen LogP contribution in [0.4, 0.5) is 13.2 Å². The number of carbonyl (C=O) groups excluding carboxylic acids is 1. The molecule has 0 atom stereocenters. The summed E-state index contributed by atoms with van der Waals surface area (Å²) in [6.45, 7) is -0.331. The van der Waals surface area contributed by atoms with Gasteiger partial charge in [-0.1, -0.05) is 24.3 Å². The Morgan fingerprint density at radius 1 is 1.15 bits per heavy atom. The van der Waals surface area contributed by atoms with Crippen molar-refractivity contribution in [2.75, 3.05) is 20.7 Å². The molecule has 0 saturated heterocycles. The number of ether oxygens (including phenoxy) is 1. The third-order valence-electron chi connectivity index (χ3n) is 3.43. The van der Waals surface area contributed by atoms with Crippen molar-refractivity contribution < 1.29 is 22.7 Å². The fourth-order valence-electron chi connectivity index (χ4n) is 2.26. The molecule has 26 heavy (non-hydrogen) atoms. The van der Waals surface area contributed by atoms with Crippen LogP contribution in [0.25, 0.3) is 0 Å². The molecule has 0 radical (unpaired) electrons. The predicted octanol–water partition coefficient (Wildman–Crippen LogP) is 3.01. The lowest BCUT2D eigenvalue weighted by atomic mass is 10.1. The van der Waals surface area contributed by atoms with Gasteiger partial charge in [-0.05, 0) is 31.3 Å². The maximum atomic E-state index is 12.2. The zero-order chi connectivity index (χ0) is 19.2. The average molecular weight is 367 g/mol. The van der Waals surface area contributed by atoms with Gasteiger partial charge in [0.15, 0.2) is 6.61 Å². The van der Waals surface area contributed by atoms with Gasteiger partial charge in [0, 0.05) is 25.4 Å². The lowest BCUT2D eigenvalue weighted by Gasteiger charge is -2.14. The molecule has 2 rings (SSSR count). The summed E-state index contributed by atoms with van der Waals surface area (Å²) >= 11 is 0. The second kappa shape index (κ2) is 8.66. The highest BCUT2D eigenvalue weighted by Crippen LogP contribution is 2.17. The fourth-order valence-corrected chi connectivity index (χ4v) is 2.26. The molecule has 0 fully saturated rings. The van der Waals surface area contributed by atoms with E-state index in [1.807, 2.05) is 43.3 Å². The highest BCUT2D eigenvalue weighted by molar-refractivity contribution is 5.93. The van der Waals surface area contributed by atoms with E-state index in [0.717, 1.165) is 17.7 Å². The van der Waals surface area contributed by atoms with Crippen LogP contribution in [-0.4, -0.2) is 42.7 Å². The summed E-state index contributed by atoms with van der Waals surface area (Å²) in [4.78, 5) is 18.0. The maximum Gasteiger partial charge on any atom is 0.422 e. The van der Waals surface area contributed by atoms with Gasteiger partial charge in [0.05, 0.1) is 5.56 Å². The van der Waals surface area contributed by atoms with Crippen LogP contribution >= 0.6 is 0 Å². The van der Waals surface area contributed by atoms with Crippen LogP contribution in [0.2, 0.25) is 0 Å².